The van der Waals surface area contributed by atoms with Gasteiger partial charge in [0, 0.05) is 5.56 Å². The van der Waals surface area contributed by atoms with Crippen LogP contribution >= 0.6 is 11.6 Å². The zero-order valence-corrected chi connectivity index (χ0v) is 16.8. The molecule has 1 aromatic heterocycles. The molecule has 28 heavy (non-hydrogen) atoms. The number of ether oxygens (including phenoxy) is 1. The third-order valence-electron chi connectivity index (χ3n) is 4.26. The van der Waals surface area contributed by atoms with E-state index < -0.39 is 6.10 Å². The highest BCUT2D eigenvalue weighted by molar-refractivity contribution is 6.33. The van der Waals surface area contributed by atoms with Gasteiger partial charge in [-0.25, -0.2) is 0 Å². The first kappa shape index (κ1) is 19.9. The number of nitrogens with one attached hydrogen (secondary N) is 1. The van der Waals surface area contributed by atoms with Crippen molar-refractivity contribution in [2.24, 2.45) is 0 Å². The quantitative estimate of drug-likeness (QED) is 0.633. The average molecular weight is 400 g/mol. The molecule has 1 N–H and O–H groups in total. The zero-order chi connectivity index (χ0) is 20.1. The number of nitrogens with zero attached hydrogens (tertiary/aromatic N) is 2. The molecule has 0 aliphatic carbocycles. The Labute approximate surface area is 168 Å². The minimum atomic E-state index is -0.604. The SMILES string of the molecule is CCC(Oc1ccc(C)cc1C)C(=O)NCc1nc(-c2ccccc2Cl)no1. The maximum Gasteiger partial charge on any atom is 0.261 e. The molecule has 1 atom stereocenters. The Morgan fingerprint density at radius 3 is 2.75 bits per heavy atom. The Kier molecular flexibility index (Phi) is 6.31. The first-order valence-corrected chi connectivity index (χ1v) is 9.44. The lowest BCUT2D eigenvalue weighted by Crippen LogP contribution is -2.37. The van der Waals surface area contributed by atoms with Gasteiger partial charge in [-0.2, -0.15) is 4.98 Å². The third kappa shape index (κ3) is 4.70. The number of hydrogen-bond acceptors (Lipinski definition) is 5. The molecule has 6 nitrogen and oxygen atoms in total. The first-order valence-electron chi connectivity index (χ1n) is 9.07. The summed E-state index contributed by atoms with van der Waals surface area (Å²) in [6.07, 6.45) is -0.0687. The molecule has 0 bridgehead atoms. The van der Waals surface area contributed by atoms with Gasteiger partial charge in [0.15, 0.2) is 6.10 Å². The molecular formula is C21H22ClN3O3. The molecule has 0 fully saturated rings. The van der Waals surface area contributed by atoms with Gasteiger partial charge >= 0.3 is 0 Å². The van der Waals surface area contributed by atoms with E-state index in [9.17, 15) is 4.79 Å². The Balaban J connectivity index is 1.62. The second-order valence-corrected chi connectivity index (χ2v) is 6.90. The molecule has 3 rings (SSSR count). The van der Waals surface area contributed by atoms with Gasteiger partial charge in [0.1, 0.15) is 5.75 Å². The smallest absolute Gasteiger partial charge is 0.261 e. The Morgan fingerprint density at radius 2 is 2.04 bits per heavy atom. The highest BCUT2D eigenvalue weighted by atomic mass is 35.5. The van der Waals surface area contributed by atoms with E-state index in [2.05, 4.69) is 15.5 Å². The fourth-order valence-electron chi connectivity index (χ4n) is 2.76. The molecular weight excluding hydrogens is 378 g/mol. The van der Waals surface area contributed by atoms with Crippen molar-refractivity contribution in [3.8, 4) is 17.1 Å². The summed E-state index contributed by atoms with van der Waals surface area (Å²) in [5.41, 5.74) is 2.82. The van der Waals surface area contributed by atoms with Crippen molar-refractivity contribution in [1.82, 2.24) is 15.5 Å². The highest BCUT2D eigenvalue weighted by Gasteiger charge is 2.20. The summed E-state index contributed by atoms with van der Waals surface area (Å²) in [7, 11) is 0. The van der Waals surface area contributed by atoms with Crippen molar-refractivity contribution < 1.29 is 14.1 Å². The van der Waals surface area contributed by atoms with Crippen molar-refractivity contribution >= 4 is 17.5 Å². The van der Waals surface area contributed by atoms with Crippen molar-refractivity contribution in [2.45, 2.75) is 39.8 Å². The van der Waals surface area contributed by atoms with Gasteiger partial charge in [0.2, 0.25) is 11.7 Å². The largest absolute Gasteiger partial charge is 0.480 e. The van der Waals surface area contributed by atoms with Crippen LogP contribution in [0.15, 0.2) is 47.0 Å². The molecule has 1 heterocycles. The van der Waals surface area contributed by atoms with Crippen LogP contribution in [0.1, 0.15) is 30.4 Å². The predicted molar refractivity (Wildman–Crippen MR) is 107 cm³/mol. The maximum absolute atomic E-state index is 12.5. The molecule has 0 radical (unpaired) electrons. The number of hydrogen-bond donors (Lipinski definition) is 1. The molecule has 3 aromatic rings. The number of carbonyl (C=O) groups excluding carboxylic acids is 1. The Bertz CT molecular complexity index is 971. The number of rotatable bonds is 7. The fraction of sp³-hybridized carbons (Fsp3) is 0.286. The minimum absolute atomic E-state index is 0.114. The third-order valence-corrected chi connectivity index (χ3v) is 4.59. The second kappa shape index (κ2) is 8.89. The monoisotopic (exact) mass is 399 g/mol. The van der Waals surface area contributed by atoms with Crippen molar-refractivity contribution in [3.05, 3.63) is 64.5 Å². The summed E-state index contributed by atoms with van der Waals surface area (Å²) in [6.45, 7) is 5.99. The van der Waals surface area contributed by atoms with Gasteiger partial charge in [0.25, 0.3) is 5.91 Å². The van der Waals surface area contributed by atoms with Crippen LogP contribution in [0.2, 0.25) is 5.02 Å². The van der Waals surface area contributed by atoms with Crippen LogP contribution in [0.4, 0.5) is 0 Å². The van der Waals surface area contributed by atoms with Gasteiger partial charge in [-0.3, -0.25) is 4.79 Å². The minimum Gasteiger partial charge on any atom is -0.480 e. The Hall–Kier alpha value is -2.86. The van der Waals surface area contributed by atoms with Crippen LogP contribution in [-0.4, -0.2) is 22.2 Å². The number of halogens is 1. The van der Waals surface area contributed by atoms with Gasteiger partial charge in [-0.05, 0) is 44.0 Å². The lowest BCUT2D eigenvalue weighted by molar-refractivity contribution is -0.128. The van der Waals surface area contributed by atoms with E-state index >= 15 is 0 Å². The highest BCUT2D eigenvalue weighted by Crippen LogP contribution is 2.25. The summed E-state index contributed by atoms with van der Waals surface area (Å²) < 4.78 is 11.1. The molecule has 1 unspecified atom stereocenters. The van der Waals surface area contributed by atoms with Gasteiger partial charge in [0.05, 0.1) is 11.6 Å². The first-order chi connectivity index (χ1) is 13.5. The molecule has 0 aliphatic heterocycles. The van der Waals surface area contributed by atoms with Gasteiger partial charge < -0.3 is 14.6 Å². The predicted octanol–water partition coefficient (Wildman–Crippen LogP) is 4.48. The molecule has 146 valence electrons. The average Bonchev–Trinajstić information content (AvgIpc) is 3.14. The number of aromatic nitrogens is 2. The van der Waals surface area contributed by atoms with E-state index in [0.717, 1.165) is 11.1 Å². The van der Waals surface area contributed by atoms with E-state index in [1.54, 1.807) is 12.1 Å². The summed E-state index contributed by atoms with van der Waals surface area (Å²) in [5.74, 6) is 1.14. The van der Waals surface area contributed by atoms with E-state index in [4.69, 9.17) is 20.9 Å². The molecule has 7 heteroatoms. The van der Waals surface area contributed by atoms with Crippen molar-refractivity contribution in [2.75, 3.05) is 0 Å². The number of aryl methyl sites for hydroxylation is 2. The molecule has 0 aliphatic rings. The van der Waals surface area contributed by atoms with Crippen molar-refractivity contribution in [1.29, 1.82) is 0 Å². The second-order valence-electron chi connectivity index (χ2n) is 6.49. The van der Waals surface area contributed by atoms with E-state index in [1.165, 1.54) is 0 Å². The fourth-order valence-corrected chi connectivity index (χ4v) is 2.98. The van der Waals surface area contributed by atoms with Crippen LogP contribution in [0.25, 0.3) is 11.4 Å². The molecule has 0 saturated heterocycles. The molecule has 0 saturated carbocycles. The molecule has 1 amide bonds. The van der Waals surface area contributed by atoms with E-state index in [0.29, 0.717) is 34.5 Å². The van der Waals surface area contributed by atoms with Crippen LogP contribution in [0.3, 0.4) is 0 Å². The van der Waals surface area contributed by atoms with Crippen LogP contribution in [0, 0.1) is 13.8 Å². The number of amides is 1. The summed E-state index contributed by atoms with van der Waals surface area (Å²) in [5, 5.41) is 7.25. The standard InChI is InChI=1S/C21H22ClN3O3/c1-4-17(27-18-10-9-13(2)11-14(18)3)21(26)23-12-19-24-20(25-28-19)15-7-5-6-8-16(15)22/h5-11,17H,4,12H2,1-3H3,(H,23,26). The van der Waals surface area contributed by atoms with Gasteiger partial charge in [-0.1, -0.05) is 53.5 Å². The maximum atomic E-state index is 12.5. The van der Waals surface area contributed by atoms with Crippen LogP contribution < -0.4 is 10.1 Å². The lowest BCUT2D eigenvalue weighted by Gasteiger charge is -2.18. The lowest BCUT2D eigenvalue weighted by atomic mass is 10.1. The van der Waals surface area contributed by atoms with Crippen LogP contribution in [0.5, 0.6) is 5.75 Å². The molecule has 0 spiro atoms. The van der Waals surface area contributed by atoms with E-state index in [1.807, 2.05) is 51.1 Å². The van der Waals surface area contributed by atoms with Crippen LogP contribution in [-0.2, 0) is 11.3 Å². The summed E-state index contributed by atoms with van der Waals surface area (Å²) in [6, 6.07) is 13.1. The number of benzene rings is 2. The summed E-state index contributed by atoms with van der Waals surface area (Å²) >= 11 is 6.15. The van der Waals surface area contributed by atoms with Crippen molar-refractivity contribution in [3.63, 3.8) is 0 Å². The Morgan fingerprint density at radius 1 is 1.25 bits per heavy atom. The normalized spacial score (nSPS) is 11.9. The molecule has 2 aromatic carbocycles. The van der Waals surface area contributed by atoms with E-state index in [-0.39, 0.29) is 12.5 Å². The summed E-state index contributed by atoms with van der Waals surface area (Å²) in [4.78, 5) is 16.8. The topological polar surface area (TPSA) is 77.2 Å². The van der Waals surface area contributed by atoms with Gasteiger partial charge in [-0.15, -0.1) is 0 Å². The number of carbonyl (C=O) groups is 1. The zero-order valence-electron chi connectivity index (χ0n) is 16.0.